The molecule has 2 heterocycles. The summed E-state index contributed by atoms with van der Waals surface area (Å²) in [7, 11) is 0. The van der Waals surface area contributed by atoms with Crippen molar-refractivity contribution in [2.75, 3.05) is 13.2 Å². The highest BCUT2D eigenvalue weighted by atomic mass is 19.4. The van der Waals surface area contributed by atoms with E-state index in [1.807, 2.05) is 0 Å². The number of alkyl halides is 3. The van der Waals surface area contributed by atoms with Crippen LogP contribution in [-0.2, 0) is 27.7 Å². The molecule has 2 aromatic rings. The van der Waals surface area contributed by atoms with Gasteiger partial charge in [0.1, 0.15) is 6.10 Å². The van der Waals surface area contributed by atoms with Gasteiger partial charge in [-0.25, -0.2) is 0 Å². The molecular weight excluding hydrogens is 453 g/mol. The Morgan fingerprint density at radius 2 is 1.69 bits per heavy atom. The number of aliphatic hydroxyl groups is 1. The van der Waals surface area contributed by atoms with Gasteiger partial charge in [-0.05, 0) is 82.5 Å². The van der Waals surface area contributed by atoms with E-state index in [9.17, 15) is 18.3 Å². The van der Waals surface area contributed by atoms with Crippen LogP contribution in [-0.4, -0.2) is 18.3 Å². The van der Waals surface area contributed by atoms with Crippen LogP contribution in [0.4, 0.5) is 13.2 Å². The fourth-order valence-electron chi connectivity index (χ4n) is 7.11. The van der Waals surface area contributed by atoms with E-state index < -0.39 is 29.5 Å². The molecule has 35 heavy (non-hydrogen) atoms. The molecule has 2 aromatic carbocycles. The van der Waals surface area contributed by atoms with Crippen LogP contribution in [0.5, 0.6) is 0 Å². The fraction of sp³-hybridized carbons (Fsp3) is 0.586. The molecule has 6 heteroatoms. The maximum Gasteiger partial charge on any atom is 0.416 e. The third-order valence-corrected chi connectivity index (χ3v) is 8.99. The molecule has 4 aliphatic rings. The minimum atomic E-state index is -4.38. The highest BCUT2D eigenvalue weighted by molar-refractivity contribution is 5.58. The quantitative estimate of drug-likeness (QED) is 0.492. The molecule has 2 fully saturated rings. The highest BCUT2D eigenvalue weighted by Crippen LogP contribution is 2.60. The summed E-state index contributed by atoms with van der Waals surface area (Å²) in [4.78, 5) is 0. The van der Waals surface area contributed by atoms with Gasteiger partial charge in [-0.1, -0.05) is 38.5 Å². The number of benzene rings is 2. The molecule has 3 nitrogen and oxygen atoms in total. The fourth-order valence-corrected chi connectivity index (χ4v) is 7.11. The lowest BCUT2D eigenvalue weighted by atomic mass is 9.57. The molecule has 0 amide bonds. The topological polar surface area (TPSA) is 38.7 Å². The largest absolute Gasteiger partial charge is 0.416 e. The molecular formula is C29H33F3O3. The summed E-state index contributed by atoms with van der Waals surface area (Å²) in [5, 5.41) is 11.5. The predicted molar refractivity (Wildman–Crippen MR) is 126 cm³/mol. The smallest absolute Gasteiger partial charge is 0.388 e. The van der Waals surface area contributed by atoms with Gasteiger partial charge >= 0.3 is 6.18 Å². The van der Waals surface area contributed by atoms with Crippen LogP contribution in [0.1, 0.15) is 109 Å². The van der Waals surface area contributed by atoms with E-state index in [0.717, 1.165) is 47.2 Å². The second-order valence-electron chi connectivity index (χ2n) is 11.5. The summed E-state index contributed by atoms with van der Waals surface area (Å²) in [6, 6.07) is 7.68. The molecule has 6 rings (SSSR count). The number of hydrogen-bond donors (Lipinski definition) is 1. The van der Waals surface area contributed by atoms with E-state index in [2.05, 4.69) is 19.9 Å². The Hall–Kier alpha value is -1.89. The molecule has 2 aliphatic heterocycles. The molecule has 1 saturated heterocycles. The second-order valence-corrected chi connectivity index (χ2v) is 11.5. The molecule has 2 unspecified atom stereocenters. The van der Waals surface area contributed by atoms with Gasteiger partial charge in [-0.3, -0.25) is 0 Å². The summed E-state index contributed by atoms with van der Waals surface area (Å²) in [5.74, 6) is 0.223. The van der Waals surface area contributed by atoms with E-state index in [0.29, 0.717) is 26.1 Å². The molecule has 188 valence electrons. The molecule has 2 aliphatic carbocycles. The third-order valence-electron chi connectivity index (χ3n) is 8.99. The van der Waals surface area contributed by atoms with E-state index in [1.54, 1.807) is 12.1 Å². The van der Waals surface area contributed by atoms with Crippen LogP contribution in [0.3, 0.4) is 0 Å². The maximum atomic E-state index is 13.2. The van der Waals surface area contributed by atoms with Crippen molar-refractivity contribution in [1.29, 1.82) is 0 Å². The van der Waals surface area contributed by atoms with Crippen molar-refractivity contribution in [3.05, 3.63) is 69.3 Å². The number of halogens is 3. The summed E-state index contributed by atoms with van der Waals surface area (Å²) in [6.45, 7) is 5.47. The van der Waals surface area contributed by atoms with E-state index in [1.165, 1.54) is 30.4 Å². The van der Waals surface area contributed by atoms with E-state index in [4.69, 9.17) is 9.47 Å². The minimum absolute atomic E-state index is 0.212. The minimum Gasteiger partial charge on any atom is -0.388 e. The van der Waals surface area contributed by atoms with Crippen molar-refractivity contribution in [3.63, 3.8) is 0 Å². The number of hydrogen-bond acceptors (Lipinski definition) is 3. The number of rotatable bonds is 2. The van der Waals surface area contributed by atoms with Crippen LogP contribution in [0.25, 0.3) is 0 Å². The Bertz CT molecular complexity index is 1130. The van der Waals surface area contributed by atoms with Crippen molar-refractivity contribution in [1.82, 2.24) is 0 Å². The maximum absolute atomic E-state index is 13.2. The van der Waals surface area contributed by atoms with Gasteiger partial charge in [0, 0.05) is 26.1 Å². The van der Waals surface area contributed by atoms with Crippen molar-refractivity contribution in [3.8, 4) is 0 Å². The summed E-state index contributed by atoms with van der Waals surface area (Å²) in [6.07, 6.45) is 1.33. The number of aliphatic hydroxyl groups excluding tert-OH is 1. The molecule has 1 N–H and O–H groups in total. The zero-order valence-electron chi connectivity index (χ0n) is 20.4. The summed E-state index contributed by atoms with van der Waals surface area (Å²) >= 11 is 0. The average Bonchev–Trinajstić information content (AvgIpc) is 3.11. The highest BCUT2D eigenvalue weighted by Gasteiger charge is 2.53. The number of ether oxygens (including phenoxy) is 2. The van der Waals surface area contributed by atoms with Crippen LogP contribution < -0.4 is 0 Å². The zero-order chi connectivity index (χ0) is 24.6. The predicted octanol–water partition coefficient (Wildman–Crippen LogP) is 7.10. The van der Waals surface area contributed by atoms with Crippen molar-refractivity contribution in [2.45, 2.75) is 88.7 Å². The Labute approximate surface area is 204 Å². The van der Waals surface area contributed by atoms with Gasteiger partial charge in [-0.15, -0.1) is 0 Å². The van der Waals surface area contributed by atoms with E-state index >= 15 is 0 Å². The van der Waals surface area contributed by atoms with Crippen LogP contribution in [0.15, 0.2) is 30.3 Å². The van der Waals surface area contributed by atoms with Gasteiger partial charge in [0.15, 0.2) is 0 Å². The third kappa shape index (κ3) is 3.67. The Balaban J connectivity index is 1.55. The van der Waals surface area contributed by atoms with Gasteiger partial charge in [0.25, 0.3) is 0 Å². The zero-order valence-corrected chi connectivity index (χ0v) is 20.4. The first-order valence-corrected chi connectivity index (χ1v) is 12.9. The first kappa shape index (κ1) is 23.5. The normalized spacial score (nSPS) is 26.6. The van der Waals surface area contributed by atoms with Crippen LogP contribution in [0.2, 0.25) is 0 Å². The standard InChI is InChI=1S/C29H33F3O3/c1-17(2)21-14-19-15-27(8-3-9-27)16-22(33)23(19)25-24(21)26(35-28(25)10-12-34-13-11-28)18-4-6-20(7-5-18)29(30,31)32/h4-7,14,17,22,26,33H,3,8-13,15-16H2,1-2H3. The van der Waals surface area contributed by atoms with Crippen LogP contribution >= 0.6 is 0 Å². The molecule has 2 atom stereocenters. The lowest BCUT2D eigenvalue weighted by molar-refractivity contribution is -0.137. The molecule has 1 saturated carbocycles. The lowest BCUT2D eigenvalue weighted by Gasteiger charge is -2.48. The van der Waals surface area contributed by atoms with Gasteiger partial charge in [0.2, 0.25) is 0 Å². The monoisotopic (exact) mass is 486 g/mol. The second kappa shape index (κ2) is 8.06. The molecule has 0 radical (unpaired) electrons. The summed E-state index contributed by atoms with van der Waals surface area (Å²) < 4.78 is 52.3. The van der Waals surface area contributed by atoms with Gasteiger partial charge in [-0.2, -0.15) is 13.2 Å². The van der Waals surface area contributed by atoms with Crippen molar-refractivity contribution >= 4 is 0 Å². The first-order chi connectivity index (χ1) is 16.6. The molecule has 0 bridgehead atoms. The lowest BCUT2D eigenvalue weighted by Crippen LogP contribution is -2.40. The summed E-state index contributed by atoms with van der Waals surface area (Å²) in [5.41, 5.74) is 5.33. The first-order valence-electron chi connectivity index (χ1n) is 12.9. The Morgan fingerprint density at radius 1 is 1.00 bits per heavy atom. The SMILES string of the molecule is CC(C)c1cc2c(c3c1C(c1ccc(C(F)(F)F)cc1)OC31CCOCC1)C(O)CC1(CCC1)C2. The van der Waals surface area contributed by atoms with Gasteiger partial charge in [0.05, 0.1) is 17.3 Å². The molecule has 0 aromatic heterocycles. The van der Waals surface area contributed by atoms with Crippen molar-refractivity contribution in [2.24, 2.45) is 5.41 Å². The number of fused-ring (bicyclic) bond motifs is 4. The molecule has 2 spiro atoms. The average molecular weight is 487 g/mol. The van der Waals surface area contributed by atoms with E-state index in [-0.39, 0.29) is 11.3 Å². The van der Waals surface area contributed by atoms with Gasteiger partial charge < -0.3 is 14.6 Å². The van der Waals surface area contributed by atoms with Crippen molar-refractivity contribution < 1.29 is 27.8 Å². The Kier molecular flexibility index (Phi) is 5.41. The Morgan fingerprint density at radius 3 is 2.26 bits per heavy atom. The van der Waals surface area contributed by atoms with Crippen LogP contribution in [0, 0.1) is 5.41 Å².